The minimum absolute atomic E-state index is 0.0588. The largest absolute Gasteiger partial charge is 0.392 e. The van der Waals surface area contributed by atoms with E-state index in [0.29, 0.717) is 48.7 Å². The number of aliphatic hydroxyl groups excluding tert-OH is 1. The summed E-state index contributed by atoms with van der Waals surface area (Å²) in [6.45, 7) is 5.88. The van der Waals surface area contributed by atoms with Crippen LogP contribution < -0.4 is 10.0 Å². The maximum absolute atomic E-state index is 14.0. The lowest BCUT2D eigenvalue weighted by molar-refractivity contribution is -0.277. The molecule has 10 nitrogen and oxygen atoms in total. The molecule has 0 spiro atoms. The van der Waals surface area contributed by atoms with E-state index in [0.717, 1.165) is 27.8 Å². The van der Waals surface area contributed by atoms with Gasteiger partial charge in [0.15, 0.2) is 6.29 Å². The predicted octanol–water partition coefficient (Wildman–Crippen LogP) is 7.44. The zero-order chi connectivity index (χ0) is 40.9. The van der Waals surface area contributed by atoms with E-state index in [1.165, 1.54) is 12.1 Å². The summed E-state index contributed by atoms with van der Waals surface area (Å²) >= 11 is 6.12. The van der Waals surface area contributed by atoms with Gasteiger partial charge in [0.1, 0.15) is 6.04 Å². The molecule has 0 bridgehead atoms. The summed E-state index contributed by atoms with van der Waals surface area (Å²) in [5, 5.41) is 24.8. The molecule has 2 aliphatic rings. The Morgan fingerprint density at radius 3 is 2.22 bits per heavy atom. The molecule has 58 heavy (non-hydrogen) atoms. The average molecular weight is 824 g/mol. The number of piperidine rings is 1. The molecule has 5 aromatic carbocycles. The van der Waals surface area contributed by atoms with Gasteiger partial charge in [-0.05, 0) is 84.8 Å². The van der Waals surface area contributed by atoms with Gasteiger partial charge in [-0.3, -0.25) is 4.79 Å². The van der Waals surface area contributed by atoms with Crippen molar-refractivity contribution in [1.82, 2.24) is 9.62 Å². The third-order valence-corrected chi connectivity index (χ3v) is 13.0. The number of amides is 1. The normalized spacial score (nSPS) is 21.6. The number of benzene rings is 5. The number of hydrogen-bond acceptors (Lipinski definition) is 8. The van der Waals surface area contributed by atoms with Crippen LogP contribution in [0.15, 0.2) is 132 Å². The van der Waals surface area contributed by atoms with Crippen LogP contribution in [0.5, 0.6) is 0 Å². The number of nitrogens with zero attached hydrogens (tertiary/aromatic N) is 1. The second kappa shape index (κ2) is 18.2. The van der Waals surface area contributed by atoms with Gasteiger partial charge in [0, 0.05) is 41.8 Å². The van der Waals surface area contributed by atoms with Gasteiger partial charge >= 0.3 is 0 Å². The maximum Gasteiger partial charge on any atom is 0.242 e. The second-order valence-corrected chi connectivity index (χ2v) is 17.6. The van der Waals surface area contributed by atoms with Gasteiger partial charge in [-0.1, -0.05) is 115 Å². The SMILES string of the molecule is Cc1ccc(S(=O)(=O)NC(Cc2ccccc2)C(=O)Nc2cccc(C3OC(CN4CCC(O)(c5ccc(Cl)cc5)CC4)C(C)C(c4ccc(CO)cc4)O3)c2)cc1. The van der Waals surface area contributed by atoms with Crippen molar-refractivity contribution < 1.29 is 32.9 Å². The molecule has 5 aromatic rings. The first-order valence-electron chi connectivity index (χ1n) is 19.6. The van der Waals surface area contributed by atoms with E-state index in [1.807, 2.05) is 91.9 Å². The number of carbonyl (C=O) groups is 1. The van der Waals surface area contributed by atoms with Crippen LogP contribution >= 0.6 is 11.6 Å². The second-order valence-electron chi connectivity index (χ2n) is 15.5. The van der Waals surface area contributed by atoms with E-state index in [-0.39, 0.29) is 36.0 Å². The molecule has 2 aliphatic heterocycles. The Balaban J connectivity index is 1.10. The zero-order valence-corrected chi connectivity index (χ0v) is 34.2. The zero-order valence-electron chi connectivity index (χ0n) is 32.6. The average Bonchev–Trinajstić information content (AvgIpc) is 3.23. The predicted molar refractivity (Wildman–Crippen MR) is 224 cm³/mol. The number of sulfonamides is 1. The Hall–Kier alpha value is -4.43. The first-order chi connectivity index (χ1) is 27.9. The van der Waals surface area contributed by atoms with Gasteiger partial charge in [-0.25, -0.2) is 8.42 Å². The van der Waals surface area contributed by atoms with E-state index in [1.54, 1.807) is 30.3 Å². The molecular weight excluding hydrogens is 774 g/mol. The van der Waals surface area contributed by atoms with Crippen molar-refractivity contribution in [3.8, 4) is 0 Å². The van der Waals surface area contributed by atoms with E-state index >= 15 is 0 Å². The Labute approximate surface area is 345 Å². The van der Waals surface area contributed by atoms with E-state index in [4.69, 9.17) is 21.1 Å². The van der Waals surface area contributed by atoms with Gasteiger partial charge in [0.2, 0.25) is 15.9 Å². The van der Waals surface area contributed by atoms with E-state index in [9.17, 15) is 23.4 Å². The molecule has 5 unspecified atom stereocenters. The number of hydrogen-bond donors (Lipinski definition) is 4. The van der Waals surface area contributed by atoms with Crippen LogP contribution in [0, 0.1) is 12.8 Å². The Morgan fingerprint density at radius 2 is 1.55 bits per heavy atom. The van der Waals surface area contributed by atoms with Crippen molar-refractivity contribution in [2.75, 3.05) is 25.0 Å². The molecule has 5 atom stereocenters. The minimum atomic E-state index is -4.03. The van der Waals surface area contributed by atoms with Gasteiger partial charge < -0.3 is 29.9 Å². The van der Waals surface area contributed by atoms with E-state index < -0.39 is 33.9 Å². The molecule has 2 saturated heterocycles. The molecule has 0 radical (unpaired) electrons. The fourth-order valence-corrected chi connectivity index (χ4v) is 9.06. The molecular formula is C46H50ClN3O7S. The summed E-state index contributed by atoms with van der Waals surface area (Å²) in [4.78, 5) is 16.4. The maximum atomic E-state index is 14.0. The molecule has 1 amide bonds. The van der Waals surface area contributed by atoms with Crippen molar-refractivity contribution in [1.29, 1.82) is 0 Å². The first-order valence-corrected chi connectivity index (χ1v) is 21.5. The molecule has 4 N–H and O–H groups in total. The monoisotopic (exact) mass is 823 g/mol. The van der Waals surface area contributed by atoms with Crippen LogP contribution in [0.1, 0.15) is 65.5 Å². The van der Waals surface area contributed by atoms with Crippen LogP contribution in [0.25, 0.3) is 0 Å². The number of anilines is 1. The molecule has 12 heteroatoms. The van der Waals surface area contributed by atoms with E-state index in [2.05, 4.69) is 21.9 Å². The number of ether oxygens (including phenoxy) is 2. The van der Waals surface area contributed by atoms with Crippen LogP contribution in [0.3, 0.4) is 0 Å². The topological polar surface area (TPSA) is 137 Å². The van der Waals surface area contributed by atoms with Gasteiger partial charge in [-0.15, -0.1) is 0 Å². The highest BCUT2D eigenvalue weighted by molar-refractivity contribution is 7.89. The third-order valence-electron chi connectivity index (χ3n) is 11.3. The highest BCUT2D eigenvalue weighted by Gasteiger charge is 2.41. The number of rotatable bonds is 13. The quantitative estimate of drug-likeness (QED) is 0.0962. The molecule has 7 rings (SSSR count). The summed E-state index contributed by atoms with van der Waals surface area (Å²) in [7, 11) is -4.03. The third kappa shape index (κ3) is 10.0. The molecule has 2 heterocycles. The molecule has 0 aliphatic carbocycles. The standard InChI is InChI=1S/C46H50ClN3O7S/c1-31-11-21-40(22-12-31)58(54,55)49-41(27-33-7-4-3-5-8-33)44(52)48-39-10-6-9-36(28-39)45-56-42(32(2)43(57-45)35-15-13-34(30-51)14-16-35)29-50-25-23-46(53,24-26-50)37-17-19-38(47)20-18-37/h3-22,28,32,41-43,45,49,51,53H,23-27,29-30H2,1-2H3,(H,48,52). The lowest BCUT2D eigenvalue weighted by Gasteiger charge is -2.45. The van der Waals surface area contributed by atoms with Crippen LogP contribution in [-0.2, 0) is 42.9 Å². The number of carbonyl (C=O) groups excluding carboxylic acids is 1. The molecule has 304 valence electrons. The summed E-state index contributed by atoms with van der Waals surface area (Å²) in [6.07, 6.45) is -0.136. The highest BCUT2D eigenvalue weighted by atomic mass is 35.5. The number of aliphatic hydroxyl groups is 2. The number of aryl methyl sites for hydroxylation is 1. The first kappa shape index (κ1) is 41.7. The van der Waals surface area contributed by atoms with Crippen LogP contribution in [0.2, 0.25) is 5.02 Å². The number of nitrogens with one attached hydrogen (secondary N) is 2. The van der Waals surface area contributed by atoms with Crippen molar-refractivity contribution in [2.24, 2.45) is 5.92 Å². The molecule has 2 fully saturated rings. The van der Waals surface area contributed by atoms with Crippen molar-refractivity contribution in [3.05, 3.63) is 166 Å². The fourth-order valence-electron chi connectivity index (χ4n) is 7.74. The summed E-state index contributed by atoms with van der Waals surface area (Å²) in [5.41, 5.74) is 4.54. The minimum Gasteiger partial charge on any atom is -0.392 e. The molecule has 0 saturated carbocycles. The lowest BCUT2D eigenvalue weighted by atomic mass is 9.84. The van der Waals surface area contributed by atoms with Crippen molar-refractivity contribution in [3.63, 3.8) is 0 Å². The number of likely N-dealkylation sites (tertiary alicyclic amines) is 1. The lowest BCUT2D eigenvalue weighted by Crippen LogP contribution is -2.49. The summed E-state index contributed by atoms with van der Waals surface area (Å²) < 4.78 is 43.1. The Kier molecular flexibility index (Phi) is 13.1. The highest BCUT2D eigenvalue weighted by Crippen LogP contribution is 2.43. The van der Waals surface area contributed by atoms with Gasteiger partial charge in [0.05, 0.1) is 29.3 Å². The summed E-state index contributed by atoms with van der Waals surface area (Å²) in [6, 6.07) is 37.0. The molecule has 0 aromatic heterocycles. The fraction of sp³-hybridized carbons (Fsp3) is 0.326. The summed E-state index contributed by atoms with van der Waals surface area (Å²) in [5.74, 6) is -0.573. The van der Waals surface area contributed by atoms with Gasteiger partial charge in [0.25, 0.3) is 0 Å². The smallest absolute Gasteiger partial charge is 0.242 e. The van der Waals surface area contributed by atoms with Crippen LogP contribution in [0.4, 0.5) is 5.69 Å². The van der Waals surface area contributed by atoms with Crippen molar-refractivity contribution >= 4 is 33.2 Å². The van der Waals surface area contributed by atoms with Gasteiger partial charge in [-0.2, -0.15) is 4.72 Å². The Bertz CT molecular complexity index is 2250. The van der Waals surface area contributed by atoms with Crippen LogP contribution in [-0.4, -0.2) is 61.2 Å². The number of halogens is 1. The Morgan fingerprint density at radius 1 is 0.862 bits per heavy atom. The van der Waals surface area contributed by atoms with Crippen molar-refractivity contribution in [2.45, 2.75) is 74.8 Å².